The van der Waals surface area contributed by atoms with Gasteiger partial charge >= 0.3 is 0 Å². The van der Waals surface area contributed by atoms with Crippen molar-refractivity contribution >= 4 is 15.9 Å². The van der Waals surface area contributed by atoms with Gasteiger partial charge in [0.05, 0.1) is 12.0 Å². The van der Waals surface area contributed by atoms with Gasteiger partial charge in [-0.25, -0.2) is 4.39 Å². The molecule has 0 saturated carbocycles. The molecule has 4 nitrogen and oxygen atoms in total. The van der Waals surface area contributed by atoms with Crippen LogP contribution in [0.4, 0.5) is 4.39 Å². The van der Waals surface area contributed by atoms with Crippen LogP contribution in [0.25, 0.3) is 11.4 Å². The molecule has 0 aliphatic rings. The first kappa shape index (κ1) is 14.1. The van der Waals surface area contributed by atoms with E-state index in [2.05, 4.69) is 26.1 Å². The van der Waals surface area contributed by atoms with Crippen LogP contribution in [0.5, 0.6) is 0 Å². The van der Waals surface area contributed by atoms with Crippen molar-refractivity contribution in [3.8, 4) is 11.4 Å². The van der Waals surface area contributed by atoms with Crippen LogP contribution in [-0.2, 0) is 0 Å². The van der Waals surface area contributed by atoms with Gasteiger partial charge in [-0.1, -0.05) is 19.0 Å². The van der Waals surface area contributed by atoms with E-state index in [1.807, 2.05) is 13.8 Å². The van der Waals surface area contributed by atoms with Crippen LogP contribution in [0.2, 0.25) is 0 Å². The molecule has 0 spiro atoms. The van der Waals surface area contributed by atoms with Gasteiger partial charge in [-0.05, 0) is 40.5 Å². The second kappa shape index (κ2) is 5.79. The number of aliphatic hydroxyl groups excluding tert-OH is 1. The smallest absolute Gasteiger partial charge is 0.232 e. The van der Waals surface area contributed by atoms with E-state index in [-0.39, 0.29) is 11.7 Å². The second-order valence-corrected chi connectivity index (χ2v) is 5.20. The van der Waals surface area contributed by atoms with Crippen molar-refractivity contribution in [2.24, 2.45) is 0 Å². The van der Waals surface area contributed by atoms with Gasteiger partial charge in [0, 0.05) is 10.0 Å². The largest absolute Gasteiger partial charge is 0.392 e. The fraction of sp³-hybridized carbons (Fsp3) is 0.385. The molecular weight excluding hydrogens is 315 g/mol. The molecule has 1 heterocycles. The minimum absolute atomic E-state index is 0.231. The molecule has 2 atom stereocenters. The Bertz CT molecular complexity index is 574. The molecule has 0 aliphatic heterocycles. The lowest BCUT2D eigenvalue weighted by molar-refractivity contribution is 0.129. The zero-order valence-electron chi connectivity index (χ0n) is 10.6. The van der Waals surface area contributed by atoms with E-state index in [1.165, 1.54) is 12.1 Å². The minimum atomic E-state index is -0.523. The molecule has 1 N–H and O–H groups in total. The maximum Gasteiger partial charge on any atom is 0.232 e. The fourth-order valence-electron chi connectivity index (χ4n) is 1.72. The highest BCUT2D eigenvalue weighted by molar-refractivity contribution is 9.10. The van der Waals surface area contributed by atoms with E-state index in [4.69, 9.17) is 4.52 Å². The molecule has 0 amide bonds. The van der Waals surface area contributed by atoms with Crippen molar-refractivity contribution in [1.82, 2.24) is 10.1 Å². The Balaban J connectivity index is 2.30. The molecule has 0 fully saturated rings. The zero-order valence-corrected chi connectivity index (χ0v) is 12.2. The van der Waals surface area contributed by atoms with E-state index in [0.717, 1.165) is 0 Å². The summed E-state index contributed by atoms with van der Waals surface area (Å²) in [5.41, 5.74) is 0.648. The molecule has 0 radical (unpaired) electrons. The first-order valence-corrected chi connectivity index (χ1v) is 6.79. The zero-order chi connectivity index (χ0) is 14.0. The molecule has 6 heteroatoms. The number of nitrogens with zero attached hydrogens (tertiary/aromatic N) is 2. The predicted molar refractivity (Wildman–Crippen MR) is 72.1 cm³/mol. The summed E-state index contributed by atoms with van der Waals surface area (Å²) in [5.74, 6) is 0.178. The lowest BCUT2D eigenvalue weighted by Crippen LogP contribution is -2.14. The highest BCUT2D eigenvalue weighted by atomic mass is 79.9. The fourth-order valence-corrected chi connectivity index (χ4v) is 2.25. The molecule has 102 valence electrons. The highest BCUT2D eigenvalue weighted by Crippen LogP contribution is 2.28. The number of rotatable bonds is 4. The van der Waals surface area contributed by atoms with Gasteiger partial charge in [0.15, 0.2) is 0 Å². The van der Waals surface area contributed by atoms with Crippen molar-refractivity contribution in [3.63, 3.8) is 0 Å². The summed E-state index contributed by atoms with van der Waals surface area (Å²) in [6, 6.07) is 4.26. The van der Waals surface area contributed by atoms with E-state index in [0.29, 0.717) is 28.2 Å². The Morgan fingerprint density at radius 1 is 1.47 bits per heavy atom. The standard InChI is InChI=1S/C13H14BrFN2O2/c1-3-11(18)7(2)13-16-12(17-19-13)9-5-4-8(15)6-10(9)14/h4-7,11,18H,3H2,1-2H3. The maximum atomic E-state index is 13.0. The summed E-state index contributed by atoms with van der Waals surface area (Å²) in [7, 11) is 0. The maximum absolute atomic E-state index is 13.0. The molecule has 2 rings (SSSR count). The molecule has 0 bridgehead atoms. The molecular formula is C13H14BrFN2O2. The Morgan fingerprint density at radius 3 is 2.84 bits per heavy atom. The lowest BCUT2D eigenvalue weighted by atomic mass is 10.0. The Hall–Kier alpha value is -1.27. The van der Waals surface area contributed by atoms with E-state index < -0.39 is 6.10 Å². The lowest BCUT2D eigenvalue weighted by Gasteiger charge is -2.11. The first-order chi connectivity index (χ1) is 9.02. The van der Waals surface area contributed by atoms with Crippen molar-refractivity contribution < 1.29 is 14.0 Å². The number of hydrogen-bond acceptors (Lipinski definition) is 4. The molecule has 2 unspecified atom stereocenters. The number of aliphatic hydroxyl groups is 1. The Kier molecular flexibility index (Phi) is 4.31. The first-order valence-electron chi connectivity index (χ1n) is 6.00. The summed E-state index contributed by atoms with van der Waals surface area (Å²) in [4.78, 5) is 4.25. The van der Waals surface area contributed by atoms with E-state index in [9.17, 15) is 9.50 Å². The molecule has 0 saturated heterocycles. The monoisotopic (exact) mass is 328 g/mol. The van der Waals surface area contributed by atoms with Gasteiger partial charge in [0.1, 0.15) is 5.82 Å². The number of halogens is 2. The normalized spacial score (nSPS) is 14.4. The van der Waals surface area contributed by atoms with Gasteiger partial charge in [-0.15, -0.1) is 0 Å². The number of aromatic nitrogens is 2. The Morgan fingerprint density at radius 2 is 2.21 bits per heavy atom. The quantitative estimate of drug-likeness (QED) is 0.932. The predicted octanol–water partition coefficient (Wildman–Crippen LogP) is 3.51. The van der Waals surface area contributed by atoms with Crippen molar-refractivity contribution in [2.75, 3.05) is 0 Å². The van der Waals surface area contributed by atoms with Crippen molar-refractivity contribution in [1.29, 1.82) is 0 Å². The SMILES string of the molecule is CCC(O)C(C)c1nc(-c2ccc(F)cc2Br)no1. The van der Waals surface area contributed by atoms with Crippen LogP contribution < -0.4 is 0 Å². The minimum Gasteiger partial charge on any atom is -0.392 e. The highest BCUT2D eigenvalue weighted by Gasteiger charge is 2.22. The summed E-state index contributed by atoms with van der Waals surface area (Å²) >= 11 is 3.26. The van der Waals surface area contributed by atoms with E-state index >= 15 is 0 Å². The third-order valence-electron chi connectivity index (χ3n) is 3.00. The average molecular weight is 329 g/mol. The van der Waals surface area contributed by atoms with Crippen LogP contribution >= 0.6 is 15.9 Å². The summed E-state index contributed by atoms with van der Waals surface area (Å²) in [6.45, 7) is 3.71. The Labute approximate surface area is 118 Å². The molecule has 1 aromatic carbocycles. The molecule has 1 aromatic heterocycles. The van der Waals surface area contributed by atoms with Gasteiger partial charge in [0.25, 0.3) is 0 Å². The summed E-state index contributed by atoms with van der Waals surface area (Å²) < 4.78 is 18.7. The summed E-state index contributed by atoms with van der Waals surface area (Å²) in [5, 5.41) is 13.6. The van der Waals surface area contributed by atoms with Crippen molar-refractivity contribution in [2.45, 2.75) is 32.3 Å². The van der Waals surface area contributed by atoms with Crippen LogP contribution in [-0.4, -0.2) is 21.4 Å². The van der Waals surface area contributed by atoms with Gasteiger partial charge in [0.2, 0.25) is 11.7 Å². The van der Waals surface area contributed by atoms with Crippen LogP contribution in [0.3, 0.4) is 0 Å². The molecule has 2 aromatic rings. The second-order valence-electron chi connectivity index (χ2n) is 4.34. The third kappa shape index (κ3) is 3.01. The van der Waals surface area contributed by atoms with E-state index in [1.54, 1.807) is 6.07 Å². The van der Waals surface area contributed by atoms with Crippen LogP contribution in [0, 0.1) is 5.82 Å². The average Bonchev–Trinajstić information content (AvgIpc) is 2.86. The number of hydrogen-bond donors (Lipinski definition) is 1. The number of benzene rings is 1. The molecule has 19 heavy (non-hydrogen) atoms. The van der Waals surface area contributed by atoms with Crippen molar-refractivity contribution in [3.05, 3.63) is 34.4 Å². The molecule has 0 aliphatic carbocycles. The topological polar surface area (TPSA) is 59.2 Å². The third-order valence-corrected chi connectivity index (χ3v) is 3.65. The van der Waals surface area contributed by atoms with Gasteiger partial charge in [-0.3, -0.25) is 0 Å². The van der Waals surface area contributed by atoms with Gasteiger partial charge < -0.3 is 9.63 Å². The van der Waals surface area contributed by atoms with Gasteiger partial charge in [-0.2, -0.15) is 4.98 Å². The summed E-state index contributed by atoms with van der Waals surface area (Å²) in [6.07, 6.45) is 0.0871. The van der Waals surface area contributed by atoms with Crippen LogP contribution in [0.15, 0.2) is 27.2 Å². The van der Waals surface area contributed by atoms with Crippen LogP contribution in [0.1, 0.15) is 32.1 Å².